The minimum atomic E-state index is 0.232. The van der Waals surface area contributed by atoms with Gasteiger partial charge in [0.15, 0.2) is 0 Å². The average molecular weight is 236 g/mol. The molecule has 0 bridgehead atoms. The van der Waals surface area contributed by atoms with Crippen molar-refractivity contribution in [2.24, 2.45) is 5.92 Å². The van der Waals surface area contributed by atoms with E-state index in [0.29, 0.717) is 12.3 Å². The lowest BCUT2D eigenvalue weighted by Crippen LogP contribution is -2.27. The Morgan fingerprint density at radius 3 is 3.12 bits per heavy atom. The number of carbonyl (C=O) groups is 1. The van der Waals surface area contributed by atoms with Crippen LogP contribution in [0, 0.1) is 5.92 Å². The lowest BCUT2D eigenvalue weighted by Gasteiger charge is -2.13. The van der Waals surface area contributed by atoms with Crippen LogP contribution in [-0.4, -0.2) is 25.5 Å². The van der Waals surface area contributed by atoms with E-state index < -0.39 is 0 Å². The van der Waals surface area contributed by atoms with Crippen LogP contribution in [0.25, 0.3) is 0 Å². The van der Waals surface area contributed by atoms with Gasteiger partial charge in [0, 0.05) is 13.0 Å². The fraction of sp³-hybridized carbons (Fsp3) is 0.786. The van der Waals surface area contributed by atoms with Gasteiger partial charge in [-0.2, -0.15) is 0 Å². The molecule has 3 heteroatoms. The lowest BCUT2D eigenvalue weighted by molar-refractivity contribution is -0.121. The van der Waals surface area contributed by atoms with Crippen molar-refractivity contribution < 1.29 is 4.79 Å². The Bertz CT molecular complexity index is 280. The summed E-state index contributed by atoms with van der Waals surface area (Å²) in [6.45, 7) is 2.91. The van der Waals surface area contributed by atoms with Crippen molar-refractivity contribution in [3.63, 3.8) is 0 Å². The number of hydrogen-bond donors (Lipinski definition) is 2. The molecule has 1 heterocycles. The zero-order valence-corrected chi connectivity index (χ0v) is 10.6. The largest absolute Gasteiger partial charge is 0.356 e. The maximum Gasteiger partial charge on any atom is 0.220 e. The molecule has 0 spiro atoms. The summed E-state index contributed by atoms with van der Waals surface area (Å²) in [6, 6.07) is 0. The van der Waals surface area contributed by atoms with Crippen LogP contribution in [0.3, 0.4) is 0 Å². The molecule has 1 fully saturated rings. The summed E-state index contributed by atoms with van der Waals surface area (Å²) in [5.74, 6) is 0.791. The third kappa shape index (κ3) is 4.50. The van der Waals surface area contributed by atoms with Crippen molar-refractivity contribution in [1.82, 2.24) is 10.6 Å². The van der Waals surface area contributed by atoms with E-state index in [0.717, 1.165) is 32.5 Å². The molecule has 1 atom stereocenters. The van der Waals surface area contributed by atoms with Crippen molar-refractivity contribution >= 4 is 5.91 Å². The van der Waals surface area contributed by atoms with Crippen LogP contribution in [0.5, 0.6) is 0 Å². The zero-order valence-electron chi connectivity index (χ0n) is 10.6. The molecule has 1 unspecified atom stereocenters. The van der Waals surface area contributed by atoms with E-state index in [1.165, 1.54) is 25.7 Å². The fourth-order valence-corrected chi connectivity index (χ4v) is 2.72. The highest BCUT2D eigenvalue weighted by atomic mass is 16.1. The second-order valence-corrected chi connectivity index (χ2v) is 5.27. The van der Waals surface area contributed by atoms with Crippen LogP contribution in [0.4, 0.5) is 0 Å². The first-order valence-corrected chi connectivity index (χ1v) is 7.00. The summed E-state index contributed by atoms with van der Waals surface area (Å²) in [4.78, 5) is 11.7. The summed E-state index contributed by atoms with van der Waals surface area (Å²) in [7, 11) is 0. The van der Waals surface area contributed by atoms with Crippen molar-refractivity contribution in [1.29, 1.82) is 0 Å². The smallest absolute Gasteiger partial charge is 0.220 e. The Kier molecular flexibility index (Phi) is 5.05. The third-order valence-corrected chi connectivity index (χ3v) is 3.79. The van der Waals surface area contributed by atoms with E-state index in [9.17, 15) is 4.79 Å². The Morgan fingerprint density at radius 1 is 1.47 bits per heavy atom. The van der Waals surface area contributed by atoms with Gasteiger partial charge in [-0.05, 0) is 57.5 Å². The average Bonchev–Trinajstić information content (AvgIpc) is 2.83. The monoisotopic (exact) mass is 236 g/mol. The topological polar surface area (TPSA) is 41.1 Å². The van der Waals surface area contributed by atoms with Gasteiger partial charge >= 0.3 is 0 Å². The van der Waals surface area contributed by atoms with Gasteiger partial charge in [0.2, 0.25) is 5.91 Å². The molecule has 0 aromatic rings. The molecule has 2 aliphatic rings. The number of amides is 1. The molecule has 2 N–H and O–H groups in total. The highest BCUT2D eigenvalue weighted by molar-refractivity contribution is 5.76. The highest BCUT2D eigenvalue weighted by Crippen LogP contribution is 2.19. The number of carbonyl (C=O) groups excluding carboxylic acids is 1. The molecular formula is C14H24N2O. The van der Waals surface area contributed by atoms with E-state index in [2.05, 4.69) is 16.7 Å². The first-order valence-electron chi connectivity index (χ1n) is 7.00. The van der Waals surface area contributed by atoms with Gasteiger partial charge < -0.3 is 10.6 Å². The van der Waals surface area contributed by atoms with Gasteiger partial charge in [-0.25, -0.2) is 0 Å². The van der Waals surface area contributed by atoms with Gasteiger partial charge in [-0.3, -0.25) is 4.79 Å². The van der Waals surface area contributed by atoms with Crippen LogP contribution in [0.1, 0.15) is 44.9 Å². The Hall–Kier alpha value is -0.830. The standard InChI is InChI=1S/C14H24N2O/c17-14(10-13-6-8-15-11-13)16-9-7-12-4-2-1-3-5-12/h4,13,15H,1-3,5-11H2,(H,16,17). The minimum Gasteiger partial charge on any atom is -0.356 e. The van der Waals surface area contributed by atoms with Crippen molar-refractivity contribution in [3.05, 3.63) is 11.6 Å². The lowest BCUT2D eigenvalue weighted by atomic mass is 9.97. The first kappa shape index (κ1) is 12.6. The van der Waals surface area contributed by atoms with E-state index in [-0.39, 0.29) is 5.91 Å². The van der Waals surface area contributed by atoms with Crippen molar-refractivity contribution in [2.75, 3.05) is 19.6 Å². The number of nitrogens with one attached hydrogen (secondary N) is 2. The maximum absolute atomic E-state index is 11.7. The zero-order chi connectivity index (χ0) is 11.9. The Morgan fingerprint density at radius 2 is 2.41 bits per heavy atom. The van der Waals surface area contributed by atoms with Crippen molar-refractivity contribution in [3.8, 4) is 0 Å². The molecule has 1 saturated heterocycles. The molecular weight excluding hydrogens is 212 g/mol. The molecule has 1 amide bonds. The molecule has 96 valence electrons. The normalized spacial score (nSPS) is 24.5. The summed E-state index contributed by atoms with van der Waals surface area (Å²) < 4.78 is 0. The molecule has 3 nitrogen and oxygen atoms in total. The van der Waals surface area contributed by atoms with Crippen LogP contribution in [-0.2, 0) is 4.79 Å². The van der Waals surface area contributed by atoms with Gasteiger partial charge in [0.25, 0.3) is 0 Å². The van der Waals surface area contributed by atoms with Crippen LogP contribution in [0.15, 0.2) is 11.6 Å². The fourth-order valence-electron chi connectivity index (χ4n) is 2.72. The van der Waals surface area contributed by atoms with Crippen LogP contribution < -0.4 is 10.6 Å². The molecule has 17 heavy (non-hydrogen) atoms. The Balaban J connectivity index is 1.57. The van der Waals surface area contributed by atoms with Crippen LogP contribution in [0.2, 0.25) is 0 Å². The summed E-state index contributed by atoms with van der Waals surface area (Å²) in [5, 5.41) is 6.35. The summed E-state index contributed by atoms with van der Waals surface area (Å²) in [5.41, 5.74) is 1.54. The second kappa shape index (κ2) is 6.80. The first-order chi connectivity index (χ1) is 8.34. The van der Waals surface area contributed by atoms with Gasteiger partial charge in [-0.1, -0.05) is 11.6 Å². The molecule has 0 aromatic carbocycles. The number of hydrogen-bond acceptors (Lipinski definition) is 2. The van der Waals surface area contributed by atoms with E-state index in [1.54, 1.807) is 5.57 Å². The summed E-state index contributed by atoms with van der Waals surface area (Å²) in [6.07, 6.45) is 10.4. The SMILES string of the molecule is O=C(CC1CCNC1)NCCC1=CCCCC1. The van der Waals surface area contributed by atoms with Gasteiger partial charge in [0.05, 0.1) is 0 Å². The predicted octanol–water partition coefficient (Wildman–Crippen LogP) is 1.99. The predicted molar refractivity (Wildman–Crippen MR) is 69.8 cm³/mol. The highest BCUT2D eigenvalue weighted by Gasteiger charge is 2.17. The quantitative estimate of drug-likeness (QED) is 0.717. The van der Waals surface area contributed by atoms with Crippen molar-refractivity contribution in [2.45, 2.75) is 44.9 Å². The molecule has 0 saturated carbocycles. The van der Waals surface area contributed by atoms with E-state index in [1.807, 2.05) is 0 Å². The third-order valence-electron chi connectivity index (χ3n) is 3.79. The Labute approximate surface area is 104 Å². The summed E-state index contributed by atoms with van der Waals surface area (Å²) >= 11 is 0. The molecule has 1 aliphatic carbocycles. The maximum atomic E-state index is 11.7. The molecule has 2 rings (SSSR count). The number of allylic oxidation sites excluding steroid dienone is 1. The van der Waals surface area contributed by atoms with Gasteiger partial charge in [0.1, 0.15) is 0 Å². The minimum absolute atomic E-state index is 0.232. The molecule has 0 aromatic heterocycles. The number of rotatable bonds is 5. The second-order valence-electron chi connectivity index (χ2n) is 5.27. The van der Waals surface area contributed by atoms with E-state index in [4.69, 9.17) is 0 Å². The van der Waals surface area contributed by atoms with E-state index >= 15 is 0 Å². The van der Waals surface area contributed by atoms with Gasteiger partial charge in [-0.15, -0.1) is 0 Å². The molecule has 1 aliphatic heterocycles. The molecule has 0 radical (unpaired) electrons. The van der Waals surface area contributed by atoms with Crippen LogP contribution >= 0.6 is 0 Å².